The summed E-state index contributed by atoms with van der Waals surface area (Å²) >= 11 is 0. The number of guanidine groups is 1. The van der Waals surface area contributed by atoms with Crippen LogP contribution >= 0.6 is 0 Å². The first-order valence-electron chi connectivity index (χ1n) is 7.97. The molecule has 0 spiro atoms. The third kappa shape index (κ3) is 5.75. The van der Waals surface area contributed by atoms with Gasteiger partial charge >= 0.3 is 0 Å². The van der Waals surface area contributed by atoms with Crippen LogP contribution in [-0.2, 0) is 11.3 Å². The maximum absolute atomic E-state index is 5.58. The zero-order valence-electron chi connectivity index (χ0n) is 13.8. The van der Waals surface area contributed by atoms with E-state index in [9.17, 15) is 0 Å². The summed E-state index contributed by atoms with van der Waals surface area (Å²) in [4.78, 5) is 4.62. The van der Waals surface area contributed by atoms with Crippen molar-refractivity contribution in [3.63, 3.8) is 0 Å². The zero-order valence-corrected chi connectivity index (χ0v) is 13.8. The molecule has 0 saturated heterocycles. The molecule has 2 N–H and O–H groups in total. The summed E-state index contributed by atoms with van der Waals surface area (Å²) < 4.78 is 5.58. The molecule has 0 heterocycles. The molecular formula is C19H25N3O. The van der Waals surface area contributed by atoms with E-state index in [0.29, 0.717) is 13.1 Å². The standard InChI is InChI=1S/C19H25N3O/c1-3-20-19(21-14-16-10-6-4-7-11-16)22-15-18(23-2)17-12-8-5-9-13-17/h4-13,18H,3,14-15H2,1-2H3,(H2,20,21,22). The first-order valence-corrected chi connectivity index (χ1v) is 7.97. The van der Waals surface area contributed by atoms with E-state index in [-0.39, 0.29) is 6.10 Å². The van der Waals surface area contributed by atoms with Crippen LogP contribution in [0.1, 0.15) is 24.2 Å². The zero-order chi connectivity index (χ0) is 16.3. The molecule has 4 heteroatoms. The average molecular weight is 311 g/mol. The van der Waals surface area contributed by atoms with Crippen LogP contribution in [0.3, 0.4) is 0 Å². The minimum atomic E-state index is -0.00298. The minimum Gasteiger partial charge on any atom is -0.375 e. The van der Waals surface area contributed by atoms with E-state index in [1.807, 2.05) is 36.4 Å². The van der Waals surface area contributed by atoms with Gasteiger partial charge in [0.05, 0.1) is 12.6 Å². The highest BCUT2D eigenvalue weighted by Crippen LogP contribution is 2.14. The molecule has 0 radical (unpaired) electrons. The minimum absolute atomic E-state index is 0.00298. The fraction of sp³-hybridized carbons (Fsp3) is 0.316. The Hall–Kier alpha value is -2.33. The van der Waals surface area contributed by atoms with E-state index in [2.05, 4.69) is 46.8 Å². The lowest BCUT2D eigenvalue weighted by Crippen LogP contribution is -2.39. The Bertz CT molecular complexity index is 584. The highest BCUT2D eigenvalue weighted by atomic mass is 16.5. The Morgan fingerprint density at radius 2 is 1.65 bits per heavy atom. The molecule has 0 amide bonds. The van der Waals surface area contributed by atoms with Crippen LogP contribution < -0.4 is 10.6 Å². The molecule has 0 bridgehead atoms. The average Bonchev–Trinajstić information content (AvgIpc) is 2.62. The van der Waals surface area contributed by atoms with Gasteiger partial charge in [-0.2, -0.15) is 0 Å². The molecule has 0 aliphatic carbocycles. The van der Waals surface area contributed by atoms with Crippen molar-refractivity contribution in [3.8, 4) is 0 Å². The molecule has 2 aromatic carbocycles. The summed E-state index contributed by atoms with van der Waals surface area (Å²) in [5.41, 5.74) is 2.34. The van der Waals surface area contributed by atoms with Crippen molar-refractivity contribution in [2.75, 3.05) is 20.2 Å². The van der Waals surface area contributed by atoms with E-state index in [1.54, 1.807) is 7.11 Å². The van der Waals surface area contributed by atoms with Crippen molar-refractivity contribution >= 4 is 5.96 Å². The fourth-order valence-electron chi connectivity index (χ4n) is 2.29. The van der Waals surface area contributed by atoms with Crippen LogP contribution in [0.2, 0.25) is 0 Å². The van der Waals surface area contributed by atoms with Crippen molar-refractivity contribution in [2.24, 2.45) is 4.99 Å². The summed E-state index contributed by atoms with van der Waals surface area (Å²) in [7, 11) is 1.73. The Balaban J connectivity index is 1.95. The smallest absolute Gasteiger partial charge is 0.191 e. The Morgan fingerprint density at radius 3 is 2.26 bits per heavy atom. The van der Waals surface area contributed by atoms with Gasteiger partial charge in [0.1, 0.15) is 0 Å². The van der Waals surface area contributed by atoms with Crippen molar-refractivity contribution in [1.82, 2.24) is 10.6 Å². The van der Waals surface area contributed by atoms with Crippen molar-refractivity contribution in [1.29, 1.82) is 0 Å². The monoisotopic (exact) mass is 311 g/mol. The van der Waals surface area contributed by atoms with Crippen LogP contribution in [0.15, 0.2) is 65.7 Å². The normalized spacial score (nSPS) is 12.7. The topological polar surface area (TPSA) is 45.7 Å². The van der Waals surface area contributed by atoms with Gasteiger partial charge in [-0.15, -0.1) is 0 Å². The molecule has 2 aromatic rings. The third-order valence-electron chi connectivity index (χ3n) is 3.52. The van der Waals surface area contributed by atoms with E-state index in [0.717, 1.165) is 18.1 Å². The van der Waals surface area contributed by atoms with Gasteiger partial charge in [0.25, 0.3) is 0 Å². The molecule has 1 atom stereocenters. The number of rotatable bonds is 7. The lowest BCUT2D eigenvalue weighted by Gasteiger charge is -2.18. The summed E-state index contributed by atoms with van der Waals surface area (Å²) in [5.74, 6) is 0.800. The summed E-state index contributed by atoms with van der Waals surface area (Å²) in [5, 5.41) is 6.62. The van der Waals surface area contributed by atoms with E-state index in [1.165, 1.54) is 5.56 Å². The molecule has 0 aliphatic rings. The number of aliphatic imine (C=N–C) groups is 1. The van der Waals surface area contributed by atoms with E-state index >= 15 is 0 Å². The van der Waals surface area contributed by atoms with Crippen molar-refractivity contribution in [2.45, 2.75) is 19.6 Å². The predicted octanol–water partition coefficient (Wildman–Crippen LogP) is 3.13. The van der Waals surface area contributed by atoms with Gasteiger partial charge in [0, 0.05) is 20.2 Å². The fourth-order valence-corrected chi connectivity index (χ4v) is 2.29. The Kier molecular flexibility index (Phi) is 7.14. The molecule has 1 unspecified atom stereocenters. The summed E-state index contributed by atoms with van der Waals surface area (Å²) in [6.07, 6.45) is -0.00298. The van der Waals surface area contributed by atoms with Gasteiger partial charge in [0.2, 0.25) is 0 Å². The van der Waals surface area contributed by atoms with Gasteiger partial charge in [-0.05, 0) is 18.1 Å². The van der Waals surface area contributed by atoms with Crippen LogP contribution in [0.25, 0.3) is 0 Å². The second-order valence-corrected chi connectivity index (χ2v) is 5.20. The molecule has 23 heavy (non-hydrogen) atoms. The van der Waals surface area contributed by atoms with Crippen molar-refractivity contribution < 1.29 is 4.74 Å². The highest BCUT2D eigenvalue weighted by Gasteiger charge is 2.10. The number of nitrogens with one attached hydrogen (secondary N) is 2. The van der Waals surface area contributed by atoms with Gasteiger partial charge in [-0.3, -0.25) is 0 Å². The van der Waals surface area contributed by atoms with Gasteiger partial charge in [-0.25, -0.2) is 4.99 Å². The van der Waals surface area contributed by atoms with Gasteiger partial charge in [-0.1, -0.05) is 60.7 Å². The Morgan fingerprint density at radius 1 is 1.00 bits per heavy atom. The lowest BCUT2D eigenvalue weighted by atomic mass is 10.1. The SMILES string of the molecule is CCNC(=NCc1ccccc1)NCC(OC)c1ccccc1. The van der Waals surface area contributed by atoms with Crippen LogP contribution in [0.5, 0.6) is 0 Å². The number of ether oxygens (including phenoxy) is 1. The van der Waals surface area contributed by atoms with Crippen LogP contribution in [-0.4, -0.2) is 26.2 Å². The van der Waals surface area contributed by atoms with Crippen molar-refractivity contribution in [3.05, 3.63) is 71.8 Å². The van der Waals surface area contributed by atoms with E-state index < -0.39 is 0 Å². The molecule has 0 aliphatic heterocycles. The highest BCUT2D eigenvalue weighted by molar-refractivity contribution is 5.79. The predicted molar refractivity (Wildman–Crippen MR) is 95.5 cm³/mol. The second-order valence-electron chi connectivity index (χ2n) is 5.20. The van der Waals surface area contributed by atoms with Gasteiger partial charge < -0.3 is 15.4 Å². The molecule has 122 valence electrons. The molecule has 2 rings (SSSR count). The second kappa shape index (κ2) is 9.64. The maximum atomic E-state index is 5.58. The number of hydrogen-bond donors (Lipinski definition) is 2. The molecule has 0 fully saturated rings. The first-order chi connectivity index (χ1) is 11.3. The largest absolute Gasteiger partial charge is 0.375 e. The number of hydrogen-bond acceptors (Lipinski definition) is 2. The third-order valence-corrected chi connectivity index (χ3v) is 3.52. The molecule has 0 aromatic heterocycles. The molecule has 0 saturated carbocycles. The molecule has 4 nitrogen and oxygen atoms in total. The maximum Gasteiger partial charge on any atom is 0.191 e. The van der Waals surface area contributed by atoms with E-state index in [4.69, 9.17) is 4.74 Å². The molecular weight excluding hydrogens is 286 g/mol. The first kappa shape index (κ1) is 17.0. The van der Waals surface area contributed by atoms with Crippen LogP contribution in [0, 0.1) is 0 Å². The summed E-state index contributed by atoms with van der Waals surface area (Å²) in [6.45, 7) is 4.20. The Labute approximate surface area is 138 Å². The lowest BCUT2D eigenvalue weighted by molar-refractivity contribution is 0.106. The van der Waals surface area contributed by atoms with Crippen LogP contribution in [0.4, 0.5) is 0 Å². The quantitative estimate of drug-likeness (QED) is 0.610. The number of nitrogens with zero attached hydrogens (tertiary/aromatic N) is 1. The number of methoxy groups -OCH3 is 1. The van der Waals surface area contributed by atoms with Gasteiger partial charge in [0.15, 0.2) is 5.96 Å². The summed E-state index contributed by atoms with van der Waals surface area (Å²) in [6, 6.07) is 20.4. The number of benzene rings is 2.